The van der Waals surface area contributed by atoms with Crippen LogP contribution in [0.3, 0.4) is 0 Å². The van der Waals surface area contributed by atoms with Gasteiger partial charge >= 0.3 is 11.7 Å². The highest BCUT2D eigenvalue weighted by atomic mass is 16.6. The van der Waals surface area contributed by atoms with Crippen molar-refractivity contribution in [2.45, 2.75) is 26.2 Å². The Bertz CT molecular complexity index is 458. The predicted molar refractivity (Wildman–Crippen MR) is 69.2 cm³/mol. The fourth-order valence-corrected chi connectivity index (χ4v) is 1.67. The molecule has 0 saturated heterocycles. The Morgan fingerprint density at radius 1 is 1.42 bits per heavy atom. The lowest BCUT2D eigenvalue weighted by Gasteiger charge is -2.07. The van der Waals surface area contributed by atoms with E-state index in [4.69, 9.17) is 4.74 Å². The standard InChI is InChI=1S/C13H17NO5/c1-3-19-12-9-10(5-4-6-13(15)18-2)7-8-11(12)14(16)17/h7-9H,3-6H2,1-2H3. The molecule has 6 nitrogen and oxygen atoms in total. The fourth-order valence-electron chi connectivity index (χ4n) is 1.67. The predicted octanol–water partition coefficient (Wildman–Crippen LogP) is 2.49. The van der Waals surface area contributed by atoms with Gasteiger partial charge in [0, 0.05) is 12.5 Å². The molecule has 104 valence electrons. The van der Waals surface area contributed by atoms with Crippen molar-refractivity contribution in [1.82, 2.24) is 0 Å². The molecule has 1 rings (SSSR count). The van der Waals surface area contributed by atoms with E-state index in [1.807, 2.05) is 0 Å². The van der Waals surface area contributed by atoms with E-state index < -0.39 is 4.92 Å². The molecule has 0 atom stereocenters. The first-order chi connectivity index (χ1) is 9.08. The number of carbonyl (C=O) groups excluding carboxylic acids is 1. The third-order valence-corrected chi connectivity index (χ3v) is 2.59. The quantitative estimate of drug-likeness (QED) is 0.431. The maximum absolute atomic E-state index is 11.0. The SMILES string of the molecule is CCOc1cc(CCCC(=O)OC)ccc1[N+](=O)[O-]. The first-order valence-electron chi connectivity index (χ1n) is 6.05. The summed E-state index contributed by atoms with van der Waals surface area (Å²) in [4.78, 5) is 21.3. The van der Waals surface area contributed by atoms with Crippen LogP contribution in [0, 0.1) is 10.1 Å². The molecule has 0 N–H and O–H groups in total. The molecule has 19 heavy (non-hydrogen) atoms. The first-order valence-corrected chi connectivity index (χ1v) is 6.05. The minimum atomic E-state index is -0.469. The highest BCUT2D eigenvalue weighted by Gasteiger charge is 2.15. The maximum Gasteiger partial charge on any atom is 0.310 e. The van der Waals surface area contributed by atoms with Crippen molar-refractivity contribution in [1.29, 1.82) is 0 Å². The third kappa shape index (κ3) is 4.57. The zero-order chi connectivity index (χ0) is 14.3. The molecule has 0 amide bonds. The van der Waals surface area contributed by atoms with Gasteiger partial charge in [0.1, 0.15) is 0 Å². The van der Waals surface area contributed by atoms with Crippen molar-refractivity contribution < 1.29 is 19.2 Å². The van der Waals surface area contributed by atoms with E-state index in [9.17, 15) is 14.9 Å². The van der Waals surface area contributed by atoms with Gasteiger partial charge in [0.25, 0.3) is 0 Å². The van der Waals surface area contributed by atoms with Gasteiger partial charge in [-0.1, -0.05) is 6.07 Å². The van der Waals surface area contributed by atoms with Crippen LogP contribution in [0.1, 0.15) is 25.3 Å². The summed E-state index contributed by atoms with van der Waals surface area (Å²) in [5.74, 6) is 0.00927. The summed E-state index contributed by atoms with van der Waals surface area (Å²) >= 11 is 0. The van der Waals surface area contributed by atoms with E-state index in [0.717, 1.165) is 5.56 Å². The highest BCUT2D eigenvalue weighted by Crippen LogP contribution is 2.28. The van der Waals surface area contributed by atoms with Gasteiger partial charge in [-0.3, -0.25) is 14.9 Å². The maximum atomic E-state index is 11.0. The van der Waals surface area contributed by atoms with Crippen LogP contribution in [0.5, 0.6) is 5.75 Å². The Kier molecular flexibility index (Phi) is 5.78. The molecule has 0 fully saturated rings. The molecule has 1 aromatic carbocycles. The second-order valence-electron chi connectivity index (χ2n) is 3.92. The van der Waals surface area contributed by atoms with E-state index in [1.54, 1.807) is 19.1 Å². The van der Waals surface area contributed by atoms with Crippen molar-refractivity contribution in [3.63, 3.8) is 0 Å². The fraction of sp³-hybridized carbons (Fsp3) is 0.462. The summed E-state index contributed by atoms with van der Waals surface area (Å²) < 4.78 is 9.80. The van der Waals surface area contributed by atoms with Crippen molar-refractivity contribution in [2.24, 2.45) is 0 Å². The number of nitro benzene ring substituents is 1. The molecule has 0 radical (unpaired) electrons. The van der Waals surface area contributed by atoms with Crippen LogP contribution in [0.2, 0.25) is 0 Å². The molecule has 0 heterocycles. The number of nitro groups is 1. The molecule has 0 saturated carbocycles. The Hall–Kier alpha value is -2.11. The number of rotatable bonds is 7. The van der Waals surface area contributed by atoms with E-state index in [-0.39, 0.29) is 17.4 Å². The van der Waals surface area contributed by atoms with Crippen LogP contribution in [-0.2, 0) is 16.0 Å². The molecule has 1 aromatic rings. The highest BCUT2D eigenvalue weighted by molar-refractivity contribution is 5.69. The van der Waals surface area contributed by atoms with Gasteiger partial charge in [-0.25, -0.2) is 0 Å². The zero-order valence-electron chi connectivity index (χ0n) is 11.0. The summed E-state index contributed by atoms with van der Waals surface area (Å²) in [5, 5.41) is 10.8. The molecule has 0 aliphatic carbocycles. The van der Waals surface area contributed by atoms with Crippen molar-refractivity contribution >= 4 is 11.7 Å². The molecular weight excluding hydrogens is 250 g/mol. The topological polar surface area (TPSA) is 78.7 Å². The summed E-state index contributed by atoms with van der Waals surface area (Å²) in [6.07, 6.45) is 1.61. The van der Waals surface area contributed by atoms with Gasteiger partial charge in [0.05, 0.1) is 18.6 Å². The lowest BCUT2D eigenvalue weighted by Crippen LogP contribution is -2.01. The first kappa shape index (κ1) is 14.9. The smallest absolute Gasteiger partial charge is 0.310 e. The van der Waals surface area contributed by atoms with E-state index in [1.165, 1.54) is 13.2 Å². The van der Waals surface area contributed by atoms with E-state index in [2.05, 4.69) is 4.74 Å². The van der Waals surface area contributed by atoms with Crippen molar-refractivity contribution in [3.05, 3.63) is 33.9 Å². The third-order valence-electron chi connectivity index (χ3n) is 2.59. The minimum Gasteiger partial charge on any atom is -0.487 e. The number of methoxy groups -OCH3 is 1. The van der Waals surface area contributed by atoms with Crippen molar-refractivity contribution in [2.75, 3.05) is 13.7 Å². The number of nitrogens with zero attached hydrogens (tertiary/aromatic N) is 1. The largest absolute Gasteiger partial charge is 0.487 e. The summed E-state index contributed by atoms with van der Waals surface area (Å²) in [6, 6.07) is 4.76. The van der Waals surface area contributed by atoms with Crippen LogP contribution in [-0.4, -0.2) is 24.6 Å². The van der Waals surface area contributed by atoms with E-state index >= 15 is 0 Å². The monoisotopic (exact) mass is 267 g/mol. The summed E-state index contributed by atoms with van der Waals surface area (Å²) in [5.41, 5.74) is 0.858. The molecule has 0 aromatic heterocycles. The van der Waals surface area contributed by atoms with Gasteiger partial charge < -0.3 is 9.47 Å². The van der Waals surface area contributed by atoms with Gasteiger partial charge in [-0.2, -0.15) is 0 Å². The Morgan fingerprint density at radius 2 is 2.16 bits per heavy atom. The van der Waals surface area contributed by atoms with Crippen LogP contribution in [0.15, 0.2) is 18.2 Å². The van der Waals surface area contributed by atoms with Crippen LogP contribution < -0.4 is 4.74 Å². The Morgan fingerprint density at radius 3 is 2.74 bits per heavy atom. The molecule has 0 spiro atoms. The summed E-state index contributed by atoms with van der Waals surface area (Å²) in [6.45, 7) is 2.14. The molecule has 0 bridgehead atoms. The second kappa shape index (κ2) is 7.35. The number of ether oxygens (including phenoxy) is 2. The minimum absolute atomic E-state index is 0.0430. The lowest BCUT2D eigenvalue weighted by molar-refractivity contribution is -0.385. The molecule has 6 heteroatoms. The number of esters is 1. The average Bonchev–Trinajstić information content (AvgIpc) is 2.38. The van der Waals surface area contributed by atoms with Gasteiger partial charge in [0.2, 0.25) is 0 Å². The Labute approximate surface area is 111 Å². The lowest BCUT2D eigenvalue weighted by atomic mass is 10.1. The van der Waals surface area contributed by atoms with Crippen molar-refractivity contribution in [3.8, 4) is 5.75 Å². The molecule has 0 aliphatic rings. The second-order valence-corrected chi connectivity index (χ2v) is 3.92. The average molecular weight is 267 g/mol. The normalized spacial score (nSPS) is 10.0. The number of aryl methyl sites for hydroxylation is 1. The number of hydrogen-bond donors (Lipinski definition) is 0. The molecule has 0 aliphatic heterocycles. The van der Waals surface area contributed by atoms with Crippen LogP contribution in [0.25, 0.3) is 0 Å². The number of carbonyl (C=O) groups is 1. The molecule has 0 unspecified atom stereocenters. The van der Waals surface area contributed by atoms with Crippen LogP contribution in [0.4, 0.5) is 5.69 Å². The zero-order valence-corrected chi connectivity index (χ0v) is 11.0. The van der Waals surface area contributed by atoms with Gasteiger partial charge in [-0.15, -0.1) is 0 Å². The van der Waals surface area contributed by atoms with Gasteiger partial charge in [-0.05, 0) is 31.4 Å². The summed E-state index contributed by atoms with van der Waals surface area (Å²) in [7, 11) is 1.35. The Balaban J connectivity index is 2.72. The van der Waals surface area contributed by atoms with Crippen LogP contribution >= 0.6 is 0 Å². The van der Waals surface area contributed by atoms with Gasteiger partial charge in [0.15, 0.2) is 5.75 Å². The van der Waals surface area contributed by atoms with E-state index in [0.29, 0.717) is 25.9 Å². The molecular formula is C13H17NO5. The number of benzene rings is 1. The number of hydrogen-bond acceptors (Lipinski definition) is 5.